The first-order valence-electron chi connectivity index (χ1n) is 7.11. The minimum atomic E-state index is -0.330. The summed E-state index contributed by atoms with van der Waals surface area (Å²) in [6.45, 7) is 1.12. The van der Waals surface area contributed by atoms with E-state index in [1.807, 2.05) is 30.3 Å². The number of carbonyl (C=O) groups excluding carboxylic acids is 1. The molecule has 116 valence electrons. The third-order valence-corrected chi connectivity index (χ3v) is 3.31. The van der Waals surface area contributed by atoms with Gasteiger partial charge < -0.3 is 15.2 Å². The van der Waals surface area contributed by atoms with E-state index in [1.165, 1.54) is 18.2 Å². The predicted octanol–water partition coefficient (Wildman–Crippen LogP) is 3.63. The summed E-state index contributed by atoms with van der Waals surface area (Å²) in [6, 6.07) is 14.0. The molecule has 0 saturated heterocycles. The number of carbonyl (C=O) groups is 1. The van der Waals surface area contributed by atoms with Crippen LogP contribution < -0.4 is 10.1 Å². The fourth-order valence-corrected chi connectivity index (χ4v) is 2.09. The van der Waals surface area contributed by atoms with Crippen molar-refractivity contribution in [2.45, 2.75) is 12.8 Å². The van der Waals surface area contributed by atoms with Crippen LogP contribution in [-0.2, 0) is 0 Å². The molecule has 0 atom stereocenters. The summed E-state index contributed by atoms with van der Waals surface area (Å²) in [6.07, 6.45) is 1.62. The average Bonchev–Trinajstić information content (AvgIpc) is 2.54. The number of nitrogens with one attached hydrogen (secondary N) is 1. The fraction of sp³-hybridized carbons (Fsp3) is 0.235. The molecule has 0 saturated carbocycles. The Kier molecular flexibility index (Phi) is 6.10. The number of amides is 1. The van der Waals surface area contributed by atoms with E-state index in [0.717, 1.165) is 18.6 Å². The van der Waals surface area contributed by atoms with E-state index in [1.54, 1.807) is 0 Å². The van der Waals surface area contributed by atoms with Crippen molar-refractivity contribution in [1.82, 2.24) is 5.32 Å². The van der Waals surface area contributed by atoms with Gasteiger partial charge in [-0.05, 0) is 43.2 Å². The second-order valence-corrected chi connectivity index (χ2v) is 5.22. The molecule has 2 aromatic carbocycles. The summed E-state index contributed by atoms with van der Waals surface area (Å²) >= 11 is 5.81. The summed E-state index contributed by atoms with van der Waals surface area (Å²) in [4.78, 5) is 11.9. The number of halogens is 1. The molecule has 5 heteroatoms. The number of hydrogen-bond donors (Lipinski definition) is 2. The minimum absolute atomic E-state index is 0.0747. The number of hydrogen-bond acceptors (Lipinski definition) is 3. The molecule has 0 aliphatic heterocycles. The Morgan fingerprint density at radius 3 is 2.68 bits per heavy atom. The monoisotopic (exact) mass is 319 g/mol. The van der Waals surface area contributed by atoms with Gasteiger partial charge in [0.2, 0.25) is 0 Å². The van der Waals surface area contributed by atoms with Gasteiger partial charge in [-0.2, -0.15) is 0 Å². The molecule has 4 nitrogen and oxygen atoms in total. The zero-order valence-corrected chi connectivity index (χ0v) is 12.8. The van der Waals surface area contributed by atoms with E-state index in [-0.39, 0.29) is 17.2 Å². The Hall–Kier alpha value is -2.20. The second-order valence-electron chi connectivity index (χ2n) is 4.79. The van der Waals surface area contributed by atoms with Gasteiger partial charge in [-0.1, -0.05) is 29.8 Å². The summed E-state index contributed by atoms with van der Waals surface area (Å²) in [5.41, 5.74) is 0.188. The molecule has 1 amide bonds. The summed E-state index contributed by atoms with van der Waals surface area (Å²) in [5.74, 6) is 0.439. The Bertz CT molecular complexity index is 617. The minimum Gasteiger partial charge on any atom is -0.507 e. The number of aromatic hydroxyl groups is 1. The molecule has 2 aromatic rings. The molecule has 22 heavy (non-hydrogen) atoms. The van der Waals surface area contributed by atoms with Crippen molar-refractivity contribution < 1.29 is 14.6 Å². The van der Waals surface area contributed by atoms with Gasteiger partial charge in [0.1, 0.15) is 11.5 Å². The molecule has 0 radical (unpaired) electrons. The van der Waals surface area contributed by atoms with Crippen molar-refractivity contribution in [2.75, 3.05) is 13.2 Å². The molecule has 0 fully saturated rings. The van der Waals surface area contributed by atoms with Gasteiger partial charge >= 0.3 is 0 Å². The number of para-hydroxylation sites is 1. The van der Waals surface area contributed by atoms with Gasteiger partial charge in [0.05, 0.1) is 12.2 Å². The second kappa shape index (κ2) is 8.29. The third kappa shape index (κ3) is 4.97. The van der Waals surface area contributed by atoms with Gasteiger partial charge in [0.15, 0.2) is 0 Å². The smallest absolute Gasteiger partial charge is 0.255 e. The van der Waals surface area contributed by atoms with Crippen LogP contribution in [-0.4, -0.2) is 24.2 Å². The fourth-order valence-electron chi connectivity index (χ4n) is 1.92. The molecular weight excluding hydrogens is 302 g/mol. The molecule has 0 heterocycles. The normalized spacial score (nSPS) is 10.2. The third-order valence-electron chi connectivity index (χ3n) is 3.07. The number of unbranched alkanes of at least 4 members (excludes halogenated alkanes) is 1. The van der Waals surface area contributed by atoms with Crippen LogP contribution in [0.2, 0.25) is 5.02 Å². The molecular formula is C17H18ClNO3. The maximum absolute atomic E-state index is 11.9. The predicted molar refractivity (Wildman–Crippen MR) is 86.6 cm³/mol. The summed E-state index contributed by atoms with van der Waals surface area (Å²) < 4.78 is 5.56. The standard InChI is InChI=1S/C17H18ClNO3/c18-13-8-9-16(20)15(12-13)17(21)19-10-4-5-11-22-14-6-2-1-3-7-14/h1-3,6-9,12,20H,4-5,10-11H2,(H,19,21). The van der Waals surface area contributed by atoms with Crippen molar-refractivity contribution in [2.24, 2.45) is 0 Å². The number of phenolic OH excluding ortho intramolecular Hbond substituents is 1. The molecule has 0 spiro atoms. The highest BCUT2D eigenvalue weighted by Crippen LogP contribution is 2.21. The zero-order valence-electron chi connectivity index (χ0n) is 12.1. The topological polar surface area (TPSA) is 58.6 Å². The lowest BCUT2D eigenvalue weighted by Gasteiger charge is -2.08. The van der Waals surface area contributed by atoms with Crippen LogP contribution in [0.25, 0.3) is 0 Å². The van der Waals surface area contributed by atoms with E-state index in [0.29, 0.717) is 18.2 Å². The van der Waals surface area contributed by atoms with Crippen molar-refractivity contribution in [3.8, 4) is 11.5 Å². The first-order chi connectivity index (χ1) is 10.7. The van der Waals surface area contributed by atoms with Crippen molar-refractivity contribution >= 4 is 17.5 Å². The molecule has 0 aromatic heterocycles. The van der Waals surface area contributed by atoms with E-state index < -0.39 is 0 Å². The van der Waals surface area contributed by atoms with Gasteiger partial charge in [-0.25, -0.2) is 0 Å². The molecule has 2 rings (SSSR count). The zero-order chi connectivity index (χ0) is 15.8. The van der Waals surface area contributed by atoms with E-state index in [4.69, 9.17) is 16.3 Å². The largest absolute Gasteiger partial charge is 0.507 e. The van der Waals surface area contributed by atoms with Crippen molar-refractivity contribution in [1.29, 1.82) is 0 Å². The van der Waals surface area contributed by atoms with Crippen LogP contribution in [0.1, 0.15) is 23.2 Å². The lowest BCUT2D eigenvalue weighted by atomic mass is 10.2. The SMILES string of the molecule is O=C(NCCCCOc1ccccc1)c1cc(Cl)ccc1O. The Labute approximate surface area is 134 Å². The van der Waals surface area contributed by atoms with Crippen LogP contribution in [0.5, 0.6) is 11.5 Å². The Balaban J connectivity index is 1.66. The van der Waals surface area contributed by atoms with E-state index >= 15 is 0 Å². The molecule has 0 aliphatic carbocycles. The van der Waals surface area contributed by atoms with Crippen LogP contribution in [0.15, 0.2) is 48.5 Å². The first-order valence-corrected chi connectivity index (χ1v) is 7.49. The van der Waals surface area contributed by atoms with Gasteiger partial charge in [-0.3, -0.25) is 4.79 Å². The van der Waals surface area contributed by atoms with Gasteiger partial charge in [0.25, 0.3) is 5.91 Å². The molecule has 2 N–H and O–H groups in total. The number of ether oxygens (including phenoxy) is 1. The van der Waals surface area contributed by atoms with Crippen LogP contribution in [0, 0.1) is 0 Å². The quantitative estimate of drug-likeness (QED) is 0.766. The maximum Gasteiger partial charge on any atom is 0.255 e. The highest BCUT2D eigenvalue weighted by atomic mass is 35.5. The first kappa shape index (κ1) is 16.2. The average molecular weight is 320 g/mol. The summed E-state index contributed by atoms with van der Waals surface area (Å²) in [7, 11) is 0. The molecule has 0 aliphatic rings. The number of rotatable bonds is 7. The van der Waals surface area contributed by atoms with Crippen LogP contribution in [0.4, 0.5) is 0 Å². The van der Waals surface area contributed by atoms with Crippen LogP contribution >= 0.6 is 11.6 Å². The number of benzene rings is 2. The van der Waals surface area contributed by atoms with Crippen molar-refractivity contribution in [3.63, 3.8) is 0 Å². The Morgan fingerprint density at radius 1 is 1.14 bits per heavy atom. The highest BCUT2D eigenvalue weighted by Gasteiger charge is 2.10. The molecule has 0 unspecified atom stereocenters. The van der Waals surface area contributed by atoms with Gasteiger partial charge in [-0.15, -0.1) is 0 Å². The van der Waals surface area contributed by atoms with E-state index in [9.17, 15) is 9.90 Å². The van der Waals surface area contributed by atoms with Gasteiger partial charge in [0, 0.05) is 11.6 Å². The molecule has 0 bridgehead atoms. The van der Waals surface area contributed by atoms with Crippen LogP contribution in [0.3, 0.4) is 0 Å². The lowest BCUT2D eigenvalue weighted by Crippen LogP contribution is -2.24. The number of phenols is 1. The highest BCUT2D eigenvalue weighted by molar-refractivity contribution is 6.31. The lowest BCUT2D eigenvalue weighted by molar-refractivity contribution is 0.0949. The Morgan fingerprint density at radius 2 is 1.91 bits per heavy atom. The van der Waals surface area contributed by atoms with Crippen molar-refractivity contribution in [3.05, 3.63) is 59.1 Å². The maximum atomic E-state index is 11.9. The van der Waals surface area contributed by atoms with E-state index in [2.05, 4.69) is 5.32 Å². The summed E-state index contributed by atoms with van der Waals surface area (Å²) in [5, 5.41) is 12.8.